The predicted octanol–water partition coefficient (Wildman–Crippen LogP) is -0.472. The fourth-order valence-corrected chi connectivity index (χ4v) is 3.90. The minimum Gasteiger partial charge on any atom is -0.381 e. The van der Waals surface area contributed by atoms with E-state index in [2.05, 4.69) is 4.72 Å². The van der Waals surface area contributed by atoms with E-state index in [1.807, 2.05) is 0 Å². The Morgan fingerprint density at radius 3 is 2.83 bits per heavy atom. The molecule has 2 saturated heterocycles. The third-order valence-electron chi connectivity index (χ3n) is 3.73. The van der Waals surface area contributed by atoms with E-state index in [9.17, 15) is 8.42 Å². The maximum absolute atomic E-state index is 12.1. The quantitative estimate of drug-likeness (QED) is 0.711. The average molecular weight is 277 g/mol. The number of ether oxygens (including phenoxy) is 1. The summed E-state index contributed by atoms with van der Waals surface area (Å²) >= 11 is 0. The van der Waals surface area contributed by atoms with Crippen molar-refractivity contribution in [2.45, 2.75) is 19.3 Å². The number of nitrogens with two attached hydrogens (primary N) is 1. The first-order chi connectivity index (χ1) is 8.62. The van der Waals surface area contributed by atoms with Gasteiger partial charge in [0.15, 0.2) is 0 Å². The molecule has 2 rings (SSSR count). The van der Waals surface area contributed by atoms with Crippen molar-refractivity contribution < 1.29 is 13.2 Å². The van der Waals surface area contributed by atoms with Crippen molar-refractivity contribution in [3.05, 3.63) is 0 Å². The highest BCUT2D eigenvalue weighted by atomic mass is 32.2. The zero-order valence-electron chi connectivity index (χ0n) is 10.7. The van der Waals surface area contributed by atoms with Gasteiger partial charge < -0.3 is 10.5 Å². The molecule has 0 spiro atoms. The normalized spacial score (nSPS) is 30.7. The lowest BCUT2D eigenvalue weighted by Gasteiger charge is -2.31. The Kier molecular flexibility index (Phi) is 4.97. The SMILES string of the molecule is NCC1CCCN(S(=O)(=O)NCC2CCOC2)C1. The van der Waals surface area contributed by atoms with E-state index < -0.39 is 10.2 Å². The van der Waals surface area contributed by atoms with E-state index in [4.69, 9.17) is 10.5 Å². The molecule has 0 amide bonds. The van der Waals surface area contributed by atoms with Gasteiger partial charge in [0.1, 0.15) is 0 Å². The first-order valence-corrected chi connectivity index (χ1v) is 8.08. The minimum atomic E-state index is -3.34. The fraction of sp³-hybridized carbons (Fsp3) is 1.00. The third-order valence-corrected chi connectivity index (χ3v) is 5.28. The smallest absolute Gasteiger partial charge is 0.279 e. The molecule has 0 saturated carbocycles. The van der Waals surface area contributed by atoms with E-state index in [0.29, 0.717) is 44.6 Å². The second kappa shape index (κ2) is 6.29. The van der Waals surface area contributed by atoms with Gasteiger partial charge in [-0.25, -0.2) is 4.72 Å². The highest BCUT2D eigenvalue weighted by molar-refractivity contribution is 7.87. The number of nitrogens with one attached hydrogen (secondary N) is 1. The van der Waals surface area contributed by atoms with E-state index in [-0.39, 0.29) is 0 Å². The lowest BCUT2D eigenvalue weighted by Crippen LogP contribution is -2.48. The van der Waals surface area contributed by atoms with Crippen LogP contribution in [-0.4, -0.2) is 52.1 Å². The molecule has 2 unspecified atom stereocenters. The van der Waals surface area contributed by atoms with Gasteiger partial charge in [0, 0.05) is 26.2 Å². The summed E-state index contributed by atoms with van der Waals surface area (Å²) in [5.41, 5.74) is 5.62. The maximum Gasteiger partial charge on any atom is 0.279 e. The van der Waals surface area contributed by atoms with Crippen LogP contribution in [0.15, 0.2) is 0 Å². The van der Waals surface area contributed by atoms with Gasteiger partial charge in [-0.1, -0.05) is 0 Å². The van der Waals surface area contributed by atoms with Gasteiger partial charge in [0.25, 0.3) is 10.2 Å². The van der Waals surface area contributed by atoms with Crippen molar-refractivity contribution in [3.8, 4) is 0 Å². The molecule has 7 heteroatoms. The molecule has 0 radical (unpaired) electrons. The lowest BCUT2D eigenvalue weighted by atomic mass is 10.0. The molecule has 2 fully saturated rings. The van der Waals surface area contributed by atoms with Crippen molar-refractivity contribution in [1.82, 2.24) is 9.03 Å². The molecular formula is C11H23N3O3S. The van der Waals surface area contributed by atoms with Gasteiger partial charge >= 0.3 is 0 Å². The highest BCUT2D eigenvalue weighted by Gasteiger charge is 2.29. The summed E-state index contributed by atoms with van der Waals surface area (Å²) in [6, 6.07) is 0. The Balaban J connectivity index is 1.84. The van der Waals surface area contributed by atoms with Crippen LogP contribution in [0.2, 0.25) is 0 Å². The molecule has 6 nitrogen and oxygen atoms in total. The lowest BCUT2D eigenvalue weighted by molar-refractivity contribution is 0.186. The van der Waals surface area contributed by atoms with Crippen LogP contribution in [-0.2, 0) is 14.9 Å². The van der Waals surface area contributed by atoms with Crippen LogP contribution < -0.4 is 10.5 Å². The van der Waals surface area contributed by atoms with Crippen molar-refractivity contribution in [1.29, 1.82) is 0 Å². The number of rotatable bonds is 5. The summed E-state index contributed by atoms with van der Waals surface area (Å²) in [5.74, 6) is 0.611. The molecule has 3 N–H and O–H groups in total. The minimum absolute atomic E-state index is 0.296. The molecule has 0 bridgehead atoms. The molecule has 0 aromatic rings. The molecule has 0 aromatic heterocycles. The van der Waals surface area contributed by atoms with Crippen LogP contribution in [0.25, 0.3) is 0 Å². The molecule has 0 aromatic carbocycles. The Morgan fingerprint density at radius 2 is 2.17 bits per heavy atom. The van der Waals surface area contributed by atoms with E-state index in [1.54, 1.807) is 0 Å². The molecule has 2 atom stereocenters. The molecule has 2 heterocycles. The number of nitrogens with zero attached hydrogens (tertiary/aromatic N) is 1. The Labute approximate surface area is 109 Å². The third kappa shape index (κ3) is 3.64. The van der Waals surface area contributed by atoms with Crippen LogP contribution in [0.4, 0.5) is 0 Å². The van der Waals surface area contributed by atoms with Gasteiger partial charge in [-0.3, -0.25) is 0 Å². The van der Waals surface area contributed by atoms with Crippen molar-refractivity contribution >= 4 is 10.2 Å². The van der Waals surface area contributed by atoms with Gasteiger partial charge in [0.05, 0.1) is 6.61 Å². The summed E-state index contributed by atoms with van der Waals surface area (Å²) in [4.78, 5) is 0. The predicted molar refractivity (Wildman–Crippen MR) is 69.2 cm³/mol. The standard InChI is InChI=1S/C11H23N3O3S/c12-6-10-2-1-4-14(8-10)18(15,16)13-7-11-3-5-17-9-11/h10-11,13H,1-9,12H2. The second-order valence-electron chi connectivity index (χ2n) is 5.19. The molecule has 2 aliphatic heterocycles. The average Bonchev–Trinajstić information content (AvgIpc) is 2.90. The Bertz CT molecular complexity index is 355. The van der Waals surface area contributed by atoms with Gasteiger partial charge in [-0.15, -0.1) is 0 Å². The van der Waals surface area contributed by atoms with E-state index in [0.717, 1.165) is 25.9 Å². The van der Waals surface area contributed by atoms with Gasteiger partial charge in [-0.05, 0) is 37.6 Å². The Hall–Kier alpha value is -0.210. The monoisotopic (exact) mass is 277 g/mol. The fourth-order valence-electron chi connectivity index (χ4n) is 2.50. The zero-order valence-corrected chi connectivity index (χ0v) is 11.5. The molecular weight excluding hydrogens is 254 g/mol. The number of hydrogen-bond donors (Lipinski definition) is 2. The molecule has 18 heavy (non-hydrogen) atoms. The van der Waals surface area contributed by atoms with Crippen LogP contribution in [0.5, 0.6) is 0 Å². The summed E-state index contributed by atoms with van der Waals surface area (Å²) in [6.07, 6.45) is 2.86. The van der Waals surface area contributed by atoms with Gasteiger partial charge in [0.2, 0.25) is 0 Å². The summed E-state index contributed by atoms with van der Waals surface area (Å²) in [7, 11) is -3.34. The van der Waals surface area contributed by atoms with Crippen LogP contribution in [0, 0.1) is 11.8 Å². The first-order valence-electron chi connectivity index (χ1n) is 6.64. The molecule has 106 valence electrons. The summed E-state index contributed by atoms with van der Waals surface area (Å²) in [5, 5.41) is 0. The van der Waals surface area contributed by atoms with Crippen LogP contribution >= 0.6 is 0 Å². The maximum atomic E-state index is 12.1. The van der Waals surface area contributed by atoms with E-state index >= 15 is 0 Å². The summed E-state index contributed by atoms with van der Waals surface area (Å²) < 4.78 is 33.7. The Morgan fingerprint density at radius 1 is 1.33 bits per heavy atom. The first kappa shape index (κ1) is 14.2. The van der Waals surface area contributed by atoms with Crippen LogP contribution in [0.1, 0.15) is 19.3 Å². The number of hydrogen-bond acceptors (Lipinski definition) is 4. The second-order valence-corrected chi connectivity index (χ2v) is 6.94. The summed E-state index contributed by atoms with van der Waals surface area (Å²) in [6.45, 7) is 3.59. The zero-order chi connectivity index (χ0) is 13.0. The van der Waals surface area contributed by atoms with Crippen LogP contribution in [0.3, 0.4) is 0 Å². The highest BCUT2D eigenvalue weighted by Crippen LogP contribution is 2.18. The largest absolute Gasteiger partial charge is 0.381 e. The van der Waals surface area contributed by atoms with E-state index in [1.165, 1.54) is 4.31 Å². The molecule has 2 aliphatic rings. The molecule has 0 aliphatic carbocycles. The van der Waals surface area contributed by atoms with Crippen molar-refractivity contribution in [2.75, 3.05) is 39.4 Å². The topological polar surface area (TPSA) is 84.7 Å². The van der Waals surface area contributed by atoms with Crippen molar-refractivity contribution in [3.63, 3.8) is 0 Å². The van der Waals surface area contributed by atoms with Gasteiger partial charge in [-0.2, -0.15) is 12.7 Å². The number of piperidine rings is 1. The van der Waals surface area contributed by atoms with Crippen molar-refractivity contribution in [2.24, 2.45) is 17.6 Å².